The van der Waals surface area contributed by atoms with Crippen LogP contribution in [0.2, 0.25) is 0 Å². The number of hydrogen-bond donors (Lipinski definition) is 1. The van der Waals surface area contributed by atoms with Crippen molar-refractivity contribution in [2.45, 2.75) is 26.4 Å². The molecule has 96 valence electrons. The van der Waals surface area contributed by atoms with Gasteiger partial charge in [0.1, 0.15) is 5.75 Å². The molecular formula is C13H16BrN3O. The molecule has 18 heavy (non-hydrogen) atoms. The van der Waals surface area contributed by atoms with E-state index in [4.69, 9.17) is 10.5 Å². The Kier molecular flexibility index (Phi) is 4.04. The fourth-order valence-electron chi connectivity index (χ4n) is 1.59. The van der Waals surface area contributed by atoms with E-state index in [1.165, 1.54) is 0 Å². The van der Waals surface area contributed by atoms with E-state index in [2.05, 4.69) is 34.9 Å². The monoisotopic (exact) mass is 309 g/mol. The van der Waals surface area contributed by atoms with Gasteiger partial charge in [0.2, 0.25) is 0 Å². The molecule has 0 atom stereocenters. The molecule has 0 aliphatic heterocycles. The zero-order chi connectivity index (χ0) is 13.1. The van der Waals surface area contributed by atoms with E-state index >= 15 is 0 Å². The van der Waals surface area contributed by atoms with Crippen LogP contribution in [-0.2, 0) is 6.54 Å². The SMILES string of the molecule is CC(C)n1cc(Oc2ccc(Br)cc2CN)cn1. The molecule has 4 nitrogen and oxygen atoms in total. The molecule has 0 radical (unpaired) electrons. The van der Waals surface area contributed by atoms with Crippen molar-refractivity contribution in [3.05, 3.63) is 40.6 Å². The maximum atomic E-state index is 5.80. The van der Waals surface area contributed by atoms with E-state index in [1.54, 1.807) is 6.20 Å². The number of benzene rings is 1. The van der Waals surface area contributed by atoms with E-state index in [0.29, 0.717) is 12.6 Å². The summed E-state index contributed by atoms with van der Waals surface area (Å²) in [5.41, 5.74) is 6.66. The third-order valence-corrected chi connectivity index (χ3v) is 3.07. The first-order valence-corrected chi connectivity index (χ1v) is 6.60. The fourth-order valence-corrected chi connectivity index (χ4v) is 2.00. The summed E-state index contributed by atoms with van der Waals surface area (Å²) in [6.07, 6.45) is 3.59. The van der Waals surface area contributed by atoms with Gasteiger partial charge in [0.05, 0.1) is 12.4 Å². The predicted octanol–water partition coefficient (Wildman–Crippen LogP) is 3.48. The van der Waals surface area contributed by atoms with E-state index in [-0.39, 0.29) is 0 Å². The Morgan fingerprint density at radius 3 is 2.83 bits per heavy atom. The Balaban J connectivity index is 2.22. The Morgan fingerprint density at radius 1 is 1.44 bits per heavy atom. The maximum Gasteiger partial charge on any atom is 0.165 e. The van der Waals surface area contributed by atoms with Crippen LogP contribution in [0.4, 0.5) is 0 Å². The Labute approximate surface area is 115 Å². The van der Waals surface area contributed by atoms with Crippen LogP contribution < -0.4 is 10.5 Å². The van der Waals surface area contributed by atoms with Gasteiger partial charge in [-0.05, 0) is 32.0 Å². The molecule has 2 aromatic rings. The average Bonchev–Trinajstić information content (AvgIpc) is 2.80. The summed E-state index contributed by atoms with van der Waals surface area (Å²) in [5.74, 6) is 1.49. The van der Waals surface area contributed by atoms with Crippen LogP contribution >= 0.6 is 15.9 Å². The lowest BCUT2D eigenvalue weighted by molar-refractivity contribution is 0.471. The van der Waals surface area contributed by atoms with Crippen molar-refractivity contribution in [2.24, 2.45) is 5.73 Å². The van der Waals surface area contributed by atoms with Gasteiger partial charge in [-0.3, -0.25) is 4.68 Å². The van der Waals surface area contributed by atoms with Gasteiger partial charge in [-0.2, -0.15) is 5.10 Å². The Bertz CT molecular complexity index is 537. The third-order valence-electron chi connectivity index (χ3n) is 2.58. The van der Waals surface area contributed by atoms with Gasteiger partial charge in [0.15, 0.2) is 5.75 Å². The molecule has 0 unspecified atom stereocenters. The summed E-state index contributed by atoms with van der Waals surface area (Å²) < 4.78 is 8.65. The van der Waals surface area contributed by atoms with E-state index in [1.807, 2.05) is 29.1 Å². The van der Waals surface area contributed by atoms with Crippen molar-refractivity contribution >= 4 is 15.9 Å². The molecule has 1 heterocycles. The van der Waals surface area contributed by atoms with Crippen LogP contribution in [0.15, 0.2) is 35.1 Å². The normalized spacial score (nSPS) is 10.9. The standard InChI is InChI=1S/C13H16BrN3O/c1-9(2)17-8-12(7-16-17)18-13-4-3-11(14)5-10(13)6-15/h3-5,7-9H,6,15H2,1-2H3. The summed E-state index contributed by atoms with van der Waals surface area (Å²) in [6.45, 7) is 4.58. The zero-order valence-electron chi connectivity index (χ0n) is 10.4. The van der Waals surface area contributed by atoms with Gasteiger partial charge in [0.25, 0.3) is 0 Å². The maximum absolute atomic E-state index is 5.80. The number of halogens is 1. The highest BCUT2D eigenvalue weighted by Crippen LogP contribution is 2.27. The predicted molar refractivity (Wildman–Crippen MR) is 74.7 cm³/mol. The molecule has 0 bridgehead atoms. The first kappa shape index (κ1) is 13.1. The van der Waals surface area contributed by atoms with Crippen LogP contribution in [0.1, 0.15) is 25.5 Å². The van der Waals surface area contributed by atoms with Gasteiger partial charge in [-0.1, -0.05) is 15.9 Å². The number of ether oxygens (including phenoxy) is 1. The molecule has 5 heteroatoms. The minimum atomic E-state index is 0.321. The quantitative estimate of drug-likeness (QED) is 0.940. The second-order valence-electron chi connectivity index (χ2n) is 4.31. The molecule has 2 N–H and O–H groups in total. The van der Waals surface area contributed by atoms with Gasteiger partial charge in [0, 0.05) is 22.6 Å². The largest absolute Gasteiger partial charge is 0.454 e. The molecule has 0 spiro atoms. The second kappa shape index (κ2) is 5.54. The van der Waals surface area contributed by atoms with Crippen LogP contribution in [0, 0.1) is 0 Å². The lowest BCUT2D eigenvalue weighted by atomic mass is 10.2. The zero-order valence-corrected chi connectivity index (χ0v) is 12.0. The Morgan fingerprint density at radius 2 is 2.22 bits per heavy atom. The van der Waals surface area contributed by atoms with Crippen molar-refractivity contribution in [3.63, 3.8) is 0 Å². The highest BCUT2D eigenvalue weighted by Gasteiger charge is 2.07. The smallest absolute Gasteiger partial charge is 0.165 e. The first-order valence-electron chi connectivity index (χ1n) is 5.80. The molecule has 0 saturated carbocycles. The number of nitrogens with zero attached hydrogens (tertiary/aromatic N) is 2. The highest BCUT2D eigenvalue weighted by atomic mass is 79.9. The van der Waals surface area contributed by atoms with Crippen molar-refractivity contribution < 1.29 is 4.74 Å². The first-order chi connectivity index (χ1) is 8.60. The lowest BCUT2D eigenvalue weighted by Crippen LogP contribution is -2.00. The van der Waals surface area contributed by atoms with E-state index in [9.17, 15) is 0 Å². The van der Waals surface area contributed by atoms with Crippen LogP contribution in [0.25, 0.3) is 0 Å². The molecule has 1 aromatic carbocycles. The highest BCUT2D eigenvalue weighted by molar-refractivity contribution is 9.10. The fraction of sp³-hybridized carbons (Fsp3) is 0.308. The summed E-state index contributed by atoms with van der Waals surface area (Å²) in [7, 11) is 0. The lowest BCUT2D eigenvalue weighted by Gasteiger charge is -2.08. The minimum Gasteiger partial charge on any atom is -0.454 e. The van der Waals surface area contributed by atoms with E-state index < -0.39 is 0 Å². The van der Waals surface area contributed by atoms with Crippen molar-refractivity contribution in [1.82, 2.24) is 9.78 Å². The second-order valence-corrected chi connectivity index (χ2v) is 5.22. The van der Waals surface area contributed by atoms with Gasteiger partial charge in [-0.15, -0.1) is 0 Å². The molecule has 0 aliphatic carbocycles. The van der Waals surface area contributed by atoms with Crippen molar-refractivity contribution in [3.8, 4) is 11.5 Å². The molecule has 1 aromatic heterocycles. The van der Waals surface area contributed by atoms with Crippen LogP contribution in [0.3, 0.4) is 0 Å². The molecular weight excluding hydrogens is 294 g/mol. The molecule has 0 saturated heterocycles. The summed E-state index contributed by atoms with van der Waals surface area (Å²) in [4.78, 5) is 0. The molecule has 0 fully saturated rings. The third kappa shape index (κ3) is 2.91. The summed E-state index contributed by atoms with van der Waals surface area (Å²) in [6, 6.07) is 6.11. The minimum absolute atomic E-state index is 0.321. The van der Waals surface area contributed by atoms with Crippen molar-refractivity contribution in [2.75, 3.05) is 0 Å². The van der Waals surface area contributed by atoms with Crippen molar-refractivity contribution in [1.29, 1.82) is 0 Å². The van der Waals surface area contributed by atoms with Crippen LogP contribution in [-0.4, -0.2) is 9.78 Å². The van der Waals surface area contributed by atoms with Crippen LogP contribution in [0.5, 0.6) is 11.5 Å². The molecule has 2 rings (SSSR count). The number of aromatic nitrogens is 2. The molecule has 0 aliphatic rings. The Hall–Kier alpha value is -1.33. The van der Waals surface area contributed by atoms with Gasteiger partial charge < -0.3 is 10.5 Å². The van der Waals surface area contributed by atoms with E-state index in [0.717, 1.165) is 21.5 Å². The van der Waals surface area contributed by atoms with Gasteiger partial charge in [-0.25, -0.2) is 0 Å². The summed E-state index contributed by atoms with van der Waals surface area (Å²) >= 11 is 3.42. The molecule has 0 amide bonds. The summed E-state index contributed by atoms with van der Waals surface area (Å²) in [5, 5.41) is 4.24. The van der Waals surface area contributed by atoms with Gasteiger partial charge >= 0.3 is 0 Å². The number of rotatable bonds is 4. The topological polar surface area (TPSA) is 53.1 Å². The average molecular weight is 310 g/mol. The number of nitrogens with two attached hydrogens (primary N) is 1. The number of hydrogen-bond acceptors (Lipinski definition) is 3.